The molecule has 0 heterocycles. The average Bonchev–Trinajstić information content (AvgIpc) is 2.21. The van der Waals surface area contributed by atoms with Crippen molar-refractivity contribution in [1.82, 2.24) is 0 Å². The molecule has 1 aromatic rings. The Labute approximate surface area is 85.8 Å². The van der Waals surface area contributed by atoms with Gasteiger partial charge in [-0.3, -0.25) is 0 Å². The van der Waals surface area contributed by atoms with E-state index >= 15 is 0 Å². The lowest BCUT2D eigenvalue weighted by molar-refractivity contribution is 0.195. The first-order valence-electron chi connectivity index (χ1n) is 4.90. The molecular formula is C12H18O2. The first-order valence-corrected chi connectivity index (χ1v) is 4.90. The molecule has 1 rings (SSSR count). The van der Waals surface area contributed by atoms with Gasteiger partial charge in [0, 0.05) is 13.7 Å². The summed E-state index contributed by atoms with van der Waals surface area (Å²) >= 11 is 0. The predicted octanol–water partition coefficient (Wildman–Crippen LogP) is 2.58. The van der Waals surface area contributed by atoms with E-state index in [4.69, 9.17) is 9.47 Å². The summed E-state index contributed by atoms with van der Waals surface area (Å²) in [6.45, 7) is 2.87. The molecule has 78 valence electrons. The lowest BCUT2D eigenvalue weighted by atomic mass is 10.1. The lowest BCUT2D eigenvalue weighted by Crippen LogP contribution is -1.94. The highest BCUT2D eigenvalue weighted by Gasteiger charge is 1.99. The van der Waals surface area contributed by atoms with Gasteiger partial charge in [-0.1, -0.05) is 12.1 Å². The molecule has 0 aliphatic heterocycles. The van der Waals surface area contributed by atoms with Gasteiger partial charge in [-0.2, -0.15) is 0 Å². The smallest absolute Gasteiger partial charge is 0.122 e. The van der Waals surface area contributed by atoms with E-state index in [1.165, 1.54) is 11.1 Å². The van der Waals surface area contributed by atoms with Crippen LogP contribution in [-0.4, -0.2) is 20.8 Å². The van der Waals surface area contributed by atoms with Gasteiger partial charge in [0.1, 0.15) is 5.75 Å². The Morgan fingerprint density at radius 1 is 1.21 bits per heavy atom. The zero-order chi connectivity index (χ0) is 10.4. The first kappa shape index (κ1) is 11.1. The van der Waals surface area contributed by atoms with Crippen LogP contribution in [0, 0.1) is 6.92 Å². The average molecular weight is 194 g/mol. The highest BCUT2D eigenvalue weighted by atomic mass is 16.5. The maximum absolute atomic E-state index is 5.26. The highest BCUT2D eigenvalue weighted by Crippen LogP contribution is 2.19. The normalized spacial score (nSPS) is 10.2. The van der Waals surface area contributed by atoms with Crippen LogP contribution in [0.1, 0.15) is 17.5 Å². The molecule has 0 N–H and O–H groups in total. The molecule has 0 aromatic heterocycles. The van der Waals surface area contributed by atoms with Crippen LogP contribution in [0.15, 0.2) is 18.2 Å². The van der Waals surface area contributed by atoms with E-state index in [0.717, 1.165) is 25.2 Å². The Kier molecular flexibility index (Phi) is 4.47. The fraction of sp³-hybridized carbons (Fsp3) is 0.500. The minimum Gasteiger partial charge on any atom is -0.496 e. The number of methoxy groups -OCH3 is 2. The molecule has 14 heavy (non-hydrogen) atoms. The van der Waals surface area contributed by atoms with Gasteiger partial charge in [-0.15, -0.1) is 0 Å². The summed E-state index contributed by atoms with van der Waals surface area (Å²) in [5.41, 5.74) is 2.49. The third kappa shape index (κ3) is 3.04. The second kappa shape index (κ2) is 5.66. The van der Waals surface area contributed by atoms with Crippen LogP contribution in [0.3, 0.4) is 0 Å². The molecule has 2 heteroatoms. The summed E-state index contributed by atoms with van der Waals surface area (Å²) in [4.78, 5) is 0. The van der Waals surface area contributed by atoms with Crippen molar-refractivity contribution in [3.05, 3.63) is 29.3 Å². The Hall–Kier alpha value is -1.02. The van der Waals surface area contributed by atoms with Gasteiger partial charge in [0.15, 0.2) is 0 Å². The molecule has 0 unspecified atom stereocenters. The topological polar surface area (TPSA) is 18.5 Å². The predicted molar refractivity (Wildman–Crippen MR) is 57.9 cm³/mol. The molecule has 1 aromatic carbocycles. The van der Waals surface area contributed by atoms with Gasteiger partial charge in [0.05, 0.1) is 7.11 Å². The van der Waals surface area contributed by atoms with Crippen LogP contribution in [0.25, 0.3) is 0 Å². The van der Waals surface area contributed by atoms with Crippen molar-refractivity contribution in [2.45, 2.75) is 19.8 Å². The molecule has 0 fully saturated rings. The van der Waals surface area contributed by atoms with Gasteiger partial charge in [0.25, 0.3) is 0 Å². The van der Waals surface area contributed by atoms with E-state index in [2.05, 4.69) is 25.1 Å². The van der Waals surface area contributed by atoms with Crippen LogP contribution in [0.2, 0.25) is 0 Å². The number of benzene rings is 1. The van der Waals surface area contributed by atoms with Crippen LogP contribution >= 0.6 is 0 Å². The van der Waals surface area contributed by atoms with Crippen molar-refractivity contribution in [1.29, 1.82) is 0 Å². The van der Waals surface area contributed by atoms with E-state index in [0.29, 0.717) is 0 Å². The summed E-state index contributed by atoms with van der Waals surface area (Å²) in [6.07, 6.45) is 2.10. The van der Waals surface area contributed by atoms with Crippen LogP contribution in [0.4, 0.5) is 0 Å². The second-order valence-corrected chi connectivity index (χ2v) is 3.40. The Bertz CT molecular complexity index is 282. The number of hydrogen-bond donors (Lipinski definition) is 0. The Morgan fingerprint density at radius 2 is 2.00 bits per heavy atom. The Morgan fingerprint density at radius 3 is 2.64 bits per heavy atom. The van der Waals surface area contributed by atoms with Crippen molar-refractivity contribution in [2.75, 3.05) is 20.8 Å². The number of ether oxygens (including phenoxy) is 2. The van der Waals surface area contributed by atoms with E-state index in [-0.39, 0.29) is 0 Å². The summed E-state index contributed by atoms with van der Waals surface area (Å²) in [6, 6.07) is 6.35. The molecule has 0 aliphatic rings. The second-order valence-electron chi connectivity index (χ2n) is 3.40. The molecule has 0 bridgehead atoms. The van der Waals surface area contributed by atoms with Crippen molar-refractivity contribution in [3.63, 3.8) is 0 Å². The molecule has 0 saturated heterocycles. The van der Waals surface area contributed by atoms with E-state index in [1.54, 1.807) is 14.2 Å². The Balaban J connectivity index is 2.60. The van der Waals surface area contributed by atoms with Gasteiger partial charge < -0.3 is 9.47 Å². The first-order chi connectivity index (χ1) is 6.77. The quantitative estimate of drug-likeness (QED) is 0.671. The highest BCUT2D eigenvalue weighted by molar-refractivity contribution is 5.36. The van der Waals surface area contributed by atoms with Crippen molar-refractivity contribution < 1.29 is 9.47 Å². The largest absolute Gasteiger partial charge is 0.496 e. The zero-order valence-corrected chi connectivity index (χ0v) is 9.17. The van der Waals surface area contributed by atoms with Crippen LogP contribution in [0.5, 0.6) is 5.75 Å². The maximum atomic E-state index is 5.26. The minimum atomic E-state index is 0.816. The molecule has 0 radical (unpaired) electrons. The molecule has 0 aliphatic carbocycles. The third-order valence-corrected chi connectivity index (χ3v) is 2.29. The standard InChI is InChI=1S/C12H18O2/c1-10-6-7-11(5-4-8-13-2)9-12(10)14-3/h6-7,9H,4-5,8H2,1-3H3. The van der Waals surface area contributed by atoms with Gasteiger partial charge in [0.2, 0.25) is 0 Å². The van der Waals surface area contributed by atoms with Gasteiger partial charge in [-0.25, -0.2) is 0 Å². The van der Waals surface area contributed by atoms with Crippen LogP contribution in [-0.2, 0) is 11.2 Å². The fourth-order valence-electron chi connectivity index (χ4n) is 1.44. The summed E-state index contributed by atoms with van der Waals surface area (Å²) in [5, 5.41) is 0. The monoisotopic (exact) mass is 194 g/mol. The summed E-state index contributed by atoms with van der Waals surface area (Å²) in [7, 11) is 3.44. The third-order valence-electron chi connectivity index (χ3n) is 2.29. The summed E-state index contributed by atoms with van der Waals surface area (Å²) < 4.78 is 10.3. The maximum Gasteiger partial charge on any atom is 0.122 e. The molecular weight excluding hydrogens is 176 g/mol. The molecule has 2 nitrogen and oxygen atoms in total. The number of aryl methyl sites for hydroxylation is 2. The zero-order valence-electron chi connectivity index (χ0n) is 9.17. The minimum absolute atomic E-state index is 0.816. The number of hydrogen-bond acceptors (Lipinski definition) is 2. The van der Waals surface area contributed by atoms with Crippen molar-refractivity contribution >= 4 is 0 Å². The number of rotatable bonds is 5. The summed E-state index contributed by atoms with van der Waals surface area (Å²) in [5.74, 6) is 0.972. The van der Waals surface area contributed by atoms with Crippen molar-refractivity contribution in [2.24, 2.45) is 0 Å². The van der Waals surface area contributed by atoms with Gasteiger partial charge in [-0.05, 0) is 37.0 Å². The van der Waals surface area contributed by atoms with Crippen LogP contribution < -0.4 is 4.74 Å². The molecule has 0 saturated carbocycles. The van der Waals surface area contributed by atoms with Crippen molar-refractivity contribution in [3.8, 4) is 5.75 Å². The molecule has 0 spiro atoms. The molecule has 0 amide bonds. The SMILES string of the molecule is COCCCc1ccc(C)c(OC)c1. The molecule has 0 atom stereocenters. The lowest BCUT2D eigenvalue weighted by Gasteiger charge is -2.07. The van der Waals surface area contributed by atoms with E-state index in [9.17, 15) is 0 Å². The van der Waals surface area contributed by atoms with E-state index in [1.807, 2.05) is 0 Å². The fourth-order valence-corrected chi connectivity index (χ4v) is 1.44. The van der Waals surface area contributed by atoms with E-state index < -0.39 is 0 Å². The van der Waals surface area contributed by atoms with Gasteiger partial charge >= 0.3 is 0 Å².